The topological polar surface area (TPSA) is 27.1 Å². The van der Waals surface area contributed by atoms with E-state index in [1.165, 1.54) is 11.3 Å². The van der Waals surface area contributed by atoms with Crippen LogP contribution in [0, 0.1) is 10.8 Å². The van der Waals surface area contributed by atoms with E-state index in [-0.39, 0.29) is 5.41 Å². The minimum atomic E-state index is -0.0789. The second kappa shape index (κ2) is 3.93. The number of fused-ring (bicyclic) bond motifs is 1. The lowest BCUT2D eigenvalue weighted by atomic mass is 9.91. The van der Waals surface area contributed by atoms with Gasteiger partial charge in [-0.1, -0.05) is 39.0 Å². The van der Waals surface area contributed by atoms with Crippen LogP contribution in [0.15, 0.2) is 24.3 Å². The molecule has 2 nitrogen and oxygen atoms in total. The summed E-state index contributed by atoms with van der Waals surface area (Å²) in [7, 11) is 0. The van der Waals surface area contributed by atoms with Crippen molar-refractivity contribution in [2.45, 2.75) is 33.6 Å². The molecule has 1 aromatic carbocycles. The Labute approximate surface area is 97.8 Å². The van der Waals surface area contributed by atoms with Crippen LogP contribution in [0.5, 0.6) is 0 Å². The Balaban J connectivity index is 2.36. The number of nitrogens with zero attached hydrogens (tertiary/aromatic N) is 1. The molecule has 2 rings (SSSR count). The molecular weight excluding hydrogens is 196 g/mol. The lowest BCUT2D eigenvalue weighted by molar-refractivity contribution is 0.566. The minimum absolute atomic E-state index is 0.0789. The second-order valence-corrected chi connectivity index (χ2v) is 5.48. The van der Waals surface area contributed by atoms with Crippen molar-refractivity contribution in [3.8, 4) is 0 Å². The van der Waals surface area contributed by atoms with Crippen molar-refractivity contribution < 1.29 is 0 Å². The summed E-state index contributed by atoms with van der Waals surface area (Å²) in [5.41, 5.74) is 2.53. The highest BCUT2D eigenvalue weighted by atomic mass is 15.2. The highest BCUT2D eigenvalue weighted by molar-refractivity contribution is 5.99. The Morgan fingerprint density at radius 2 is 1.94 bits per heavy atom. The van der Waals surface area contributed by atoms with Gasteiger partial charge >= 0.3 is 0 Å². The van der Waals surface area contributed by atoms with Crippen LogP contribution in [-0.4, -0.2) is 12.4 Å². The Kier molecular flexibility index (Phi) is 2.75. The SMILES string of the molecule is CC(C)(C)C(=N)N1CCCc2ccccc21. The van der Waals surface area contributed by atoms with Crippen molar-refractivity contribution >= 4 is 11.5 Å². The Bertz CT molecular complexity index is 401. The molecule has 16 heavy (non-hydrogen) atoms. The molecule has 86 valence electrons. The van der Waals surface area contributed by atoms with Gasteiger partial charge in [-0.3, -0.25) is 5.41 Å². The number of nitrogens with one attached hydrogen (secondary N) is 1. The van der Waals surface area contributed by atoms with E-state index in [1.807, 2.05) is 0 Å². The Morgan fingerprint density at radius 3 is 2.62 bits per heavy atom. The summed E-state index contributed by atoms with van der Waals surface area (Å²) in [6, 6.07) is 8.46. The minimum Gasteiger partial charge on any atom is -0.330 e. The molecule has 0 aliphatic carbocycles. The van der Waals surface area contributed by atoms with Gasteiger partial charge in [-0.05, 0) is 24.5 Å². The molecule has 0 spiro atoms. The van der Waals surface area contributed by atoms with Gasteiger partial charge in [0, 0.05) is 17.6 Å². The van der Waals surface area contributed by atoms with Gasteiger partial charge in [-0.15, -0.1) is 0 Å². The summed E-state index contributed by atoms with van der Waals surface area (Å²) >= 11 is 0. The third kappa shape index (κ3) is 1.97. The maximum absolute atomic E-state index is 8.29. The number of rotatable bonds is 0. The van der Waals surface area contributed by atoms with E-state index >= 15 is 0 Å². The van der Waals surface area contributed by atoms with E-state index < -0.39 is 0 Å². The quantitative estimate of drug-likeness (QED) is 0.522. The van der Waals surface area contributed by atoms with E-state index in [9.17, 15) is 0 Å². The molecule has 0 saturated heterocycles. The fourth-order valence-electron chi connectivity index (χ4n) is 2.17. The zero-order valence-electron chi connectivity index (χ0n) is 10.4. The zero-order valence-corrected chi connectivity index (χ0v) is 10.4. The lowest BCUT2D eigenvalue weighted by Gasteiger charge is -2.36. The Hall–Kier alpha value is -1.31. The third-order valence-corrected chi connectivity index (χ3v) is 3.09. The largest absolute Gasteiger partial charge is 0.330 e. The van der Waals surface area contributed by atoms with Crippen molar-refractivity contribution in [3.05, 3.63) is 29.8 Å². The highest BCUT2D eigenvalue weighted by Crippen LogP contribution is 2.30. The van der Waals surface area contributed by atoms with Gasteiger partial charge in [0.1, 0.15) is 5.84 Å². The Morgan fingerprint density at radius 1 is 1.25 bits per heavy atom. The molecule has 0 saturated carbocycles. The first-order valence-corrected chi connectivity index (χ1v) is 5.94. The summed E-state index contributed by atoms with van der Waals surface area (Å²) in [4.78, 5) is 2.17. The van der Waals surface area contributed by atoms with Crippen LogP contribution in [0.1, 0.15) is 32.8 Å². The summed E-state index contributed by atoms with van der Waals surface area (Å²) in [6.45, 7) is 7.29. The lowest BCUT2D eigenvalue weighted by Crippen LogP contribution is -2.41. The highest BCUT2D eigenvalue weighted by Gasteiger charge is 2.27. The zero-order chi connectivity index (χ0) is 11.8. The molecule has 0 aromatic heterocycles. The number of benzene rings is 1. The predicted molar refractivity (Wildman–Crippen MR) is 69.3 cm³/mol. The van der Waals surface area contributed by atoms with Crippen LogP contribution in [0.25, 0.3) is 0 Å². The predicted octanol–water partition coefficient (Wildman–Crippen LogP) is 3.46. The average molecular weight is 216 g/mol. The molecular formula is C14H20N2. The van der Waals surface area contributed by atoms with E-state index in [2.05, 4.69) is 49.9 Å². The summed E-state index contributed by atoms with van der Waals surface area (Å²) < 4.78 is 0. The van der Waals surface area contributed by atoms with Crippen LogP contribution < -0.4 is 4.90 Å². The maximum Gasteiger partial charge on any atom is 0.106 e. The number of aryl methyl sites for hydroxylation is 1. The van der Waals surface area contributed by atoms with Crippen LogP contribution >= 0.6 is 0 Å². The van der Waals surface area contributed by atoms with Crippen molar-refractivity contribution in [1.29, 1.82) is 5.41 Å². The molecule has 1 aromatic rings. The fraction of sp³-hybridized carbons (Fsp3) is 0.500. The van der Waals surface area contributed by atoms with Crippen LogP contribution in [-0.2, 0) is 6.42 Å². The first-order valence-electron chi connectivity index (χ1n) is 5.94. The number of hydrogen-bond acceptors (Lipinski definition) is 1. The molecule has 2 heteroatoms. The molecule has 0 amide bonds. The molecule has 0 bridgehead atoms. The van der Waals surface area contributed by atoms with E-state index in [0.29, 0.717) is 0 Å². The van der Waals surface area contributed by atoms with Gasteiger partial charge in [0.05, 0.1) is 0 Å². The standard InChI is InChI=1S/C14H20N2/c1-14(2,3)13(15)16-10-6-8-11-7-4-5-9-12(11)16/h4-5,7,9,15H,6,8,10H2,1-3H3. The van der Waals surface area contributed by atoms with Gasteiger partial charge in [0.15, 0.2) is 0 Å². The number of para-hydroxylation sites is 1. The third-order valence-electron chi connectivity index (χ3n) is 3.09. The van der Waals surface area contributed by atoms with Crippen LogP contribution in [0.2, 0.25) is 0 Å². The maximum atomic E-state index is 8.29. The summed E-state index contributed by atoms with van der Waals surface area (Å²) in [5.74, 6) is 0.722. The molecule has 0 atom stereocenters. The smallest absolute Gasteiger partial charge is 0.106 e. The van der Waals surface area contributed by atoms with Crippen molar-refractivity contribution in [2.24, 2.45) is 5.41 Å². The van der Waals surface area contributed by atoms with Crippen molar-refractivity contribution in [1.82, 2.24) is 0 Å². The van der Waals surface area contributed by atoms with Crippen molar-refractivity contribution in [2.75, 3.05) is 11.4 Å². The van der Waals surface area contributed by atoms with Gasteiger partial charge in [-0.2, -0.15) is 0 Å². The van der Waals surface area contributed by atoms with Gasteiger partial charge in [0.2, 0.25) is 0 Å². The first-order chi connectivity index (χ1) is 7.50. The molecule has 1 heterocycles. The summed E-state index contributed by atoms with van der Waals surface area (Å²) in [5, 5.41) is 8.29. The average Bonchev–Trinajstić information content (AvgIpc) is 2.26. The van der Waals surface area contributed by atoms with Gasteiger partial charge in [-0.25, -0.2) is 0 Å². The van der Waals surface area contributed by atoms with E-state index in [1.54, 1.807) is 0 Å². The van der Waals surface area contributed by atoms with Crippen LogP contribution in [0.3, 0.4) is 0 Å². The first kappa shape index (κ1) is 11.2. The molecule has 1 aliphatic heterocycles. The molecule has 0 fully saturated rings. The number of amidine groups is 1. The number of hydrogen-bond donors (Lipinski definition) is 1. The van der Waals surface area contributed by atoms with Crippen molar-refractivity contribution in [3.63, 3.8) is 0 Å². The van der Waals surface area contributed by atoms with E-state index in [0.717, 1.165) is 25.2 Å². The van der Waals surface area contributed by atoms with Gasteiger partial charge in [0.25, 0.3) is 0 Å². The fourth-order valence-corrected chi connectivity index (χ4v) is 2.17. The normalized spacial score (nSPS) is 15.8. The number of anilines is 1. The molecule has 1 N–H and O–H groups in total. The second-order valence-electron chi connectivity index (χ2n) is 5.48. The summed E-state index contributed by atoms with van der Waals surface area (Å²) in [6.07, 6.45) is 2.29. The molecule has 0 unspecified atom stereocenters. The van der Waals surface area contributed by atoms with E-state index in [4.69, 9.17) is 5.41 Å². The van der Waals surface area contributed by atoms with Gasteiger partial charge < -0.3 is 4.90 Å². The molecule has 0 radical (unpaired) electrons. The van der Waals surface area contributed by atoms with Crippen LogP contribution in [0.4, 0.5) is 5.69 Å². The molecule has 1 aliphatic rings. The monoisotopic (exact) mass is 216 g/mol.